The highest BCUT2D eigenvalue weighted by Gasteiger charge is 2.25. The summed E-state index contributed by atoms with van der Waals surface area (Å²) in [6.45, 7) is 9.55. The third kappa shape index (κ3) is 6.61. The van der Waals surface area contributed by atoms with E-state index in [1.807, 2.05) is 42.5 Å². The average Bonchev–Trinajstić information content (AvgIpc) is 3.17. The van der Waals surface area contributed by atoms with Gasteiger partial charge in [-0.2, -0.15) is 0 Å². The molecule has 1 fully saturated rings. The number of likely N-dealkylation sites (tertiary alicyclic amines) is 1. The van der Waals surface area contributed by atoms with Crippen LogP contribution in [0.3, 0.4) is 0 Å². The molecule has 0 spiro atoms. The highest BCUT2D eigenvalue weighted by Crippen LogP contribution is 2.45. The van der Waals surface area contributed by atoms with Gasteiger partial charge in [0.15, 0.2) is 0 Å². The SMILES string of the molecule is C[C@@H]1CN(CCOc2ccccc2)C[C@H]1C.Oc1ccc([C@@H]2COc3ccc(O)cc3S2)cc1. The number of phenolic OH excluding ortho intramolecular Hbond substituents is 2. The van der Waals surface area contributed by atoms with Gasteiger partial charge in [0.25, 0.3) is 0 Å². The molecular formula is C28H33NO4S. The van der Waals surface area contributed by atoms with Crippen molar-refractivity contribution in [3.8, 4) is 23.0 Å². The highest BCUT2D eigenvalue weighted by molar-refractivity contribution is 7.99. The Labute approximate surface area is 206 Å². The number of benzene rings is 3. The highest BCUT2D eigenvalue weighted by atomic mass is 32.2. The van der Waals surface area contributed by atoms with E-state index in [0.717, 1.165) is 46.9 Å². The first kappa shape index (κ1) is 24.3. The Bertz CT molecular complexity index is 1030. The van der Waals surface area contributed by atoms with Crippen LogP contribution >= 0.6 is 11.8 Å². The van der Waals surface area contributed by atoms with Crippen molar-refractivity contribution in [3.63, 3.8) is 0 Å². The second kappa shape index (κ2) is 11.5. The van der Waals surface area contributed by atoms with Gasteiger partial charge >= 0.3 is 0 Å². The molecule has 5 rings (SSSR count). The monoisotopic (exact) mass is 479 g/mol. The lowest BCUT2D eigenvalue weighted by Crippen LogP contribution is -2.26. The summed E-state index contributed by atoms with van der Waals surface area (Å²) in [7, 11) is 0. The first-order valence-electron chi connectivity index (χ1n) is 11.8. The quantitative estimate of drug-likeness (QED) is 0.470. The lowest BCUT2D eigenvalue weighted by molar-refractivity contribution is 0.232. The Hall–Kier alpha value is -2.83. The molecule has 3 aromatic rings. The van der Waals surface area contributed by atoms with Gasteiger partial charge < -0.3 is 19.7 Å². The van der Waals surface area contributed by atoms with Gasteiger partial charge in [0.2, 0.25) is 0 Å². The van der Waals surface area contributed by atoms with E-state index < -0.39 is 0 Å². The number of aromatic hydroxyl groups is 2. The summed E-state index contributed by atoms with van der Waals surface area (Å²) in [4.78, 5) is 3.44. The van der Waals surface area contributed by atoms with Crippen molar-refractivity contribution < 1.29 is 19.7 Å². The van der Waals surface area contributed by atoms with Crippen molar-refractivity contribution in [2.75, 3.05) is 32.8 Å². The molecule has 2 N–H and O–H groups in total. The topological polar surface area (TPSA) is 62.2 Å². The summed E-state index contributed by atoms with van der Waals surface area (Å²) in [6.07, 6.45) is 0. The molecule has 2 aliphatic rings. The van der Waals surface area contributed by atoms with E-state index in [0.29, 0.717) is 6.61 Å². The summed E-state index contributed by atoms with van der Waals surface area (Å²) in [5.41, 5.74) is 1.10. The first-order valence-corrected chi connectivity index (χ1v) is 12.7. The van der Waals surface area contributed by atoms with Gasteiger partial charge in [0, 0.05) is 19.6 Å². The Morgan fingerprint density at radius 1 is 0.912 bits per heavy atom. The molecule has 5 nitrogen and oxygen atoms in total. The van der Waals surface area contributed by atoms with Crippen LogP contribution in [0.4, 0.5) is 0 Å². The van der Waals surface area contributed by atoms with Crippen LogP contribution in [0.5, 0.6) is 23.0 Å². The standard InChI is InChI=1S/C14H21NO.C14H12O3S/c1-12-10-15(11-13(12)2)8-9-16-14-6-4-3-5-7-14;15-10-3-1-9(2-4-10)14-8-17-12-6-5-11(16)7-13(12)18-14/h3-7,12-13H,8-11H2,1-2H3;1-7,14-16H,8H2/t12-,13-;14-/m10/s1. The lowest BCUT2D eigenvalue weighted by atomic mass is 10.0. The van der Waals surface area contributed by atoms with Crippen molar-refractivity contribution in [1.82, 2.24) is 4.90 Å². The molecular weight excluding hydrogens is 446 g/mol. The molecule has 6 heteroatoms. The molecule has 0 saturated carbocycles. The number of phenols is 2. The molecule has 3 atom stereocenters. The smallest absolute Gasteiger partial charge is 0.133 e. The Kier molecular flexibility index (Phi) is 8.25. The van der Waals surface area contributed by atoms with E-state index in [1.54, 1.807) is 42.1 Å². The molecule has 180 valence electrons. The summed E-state index contributed by atoms with van der Waals surface area (Å²) in [5.74, 6) is 3.96. The van der Waals surface area contributed by atoms with Crippen LogP contribution in [0.1, 0.15) is 24.7 Å². The summed E-state index contributed by atoms with van der Waals surface area (Å²) in [6, 6.07) is 22.3. The van der Waals surface area contributed by atoms with E-state index in [9.17, 15) is 10.2 Å². The van der Waals surface area contributed by atoms with Gasteiger partial charge in [-0.05, 0) is 59.9 Å². The fourth-order valence-electron chi connectivity index (χ4n) is 4.15. The number of fused-ring (bicyclic) bond motifs is 1. The molecule has 0 radical (unpaired) electrons. The molecule has 2 heterocycles. The van der Waals surface area contributed by atoms with Crippen LogP contribution in [0.2, 0.25) is 0 Å². The molecule has 0 unspecified atom stereocenters. The first-order chi connectivity index (χ1) is 16.5. The minimum absolute atomic E-state index is 0.180. The van der Waals surface area contributed by atoms with Crippen LogP contribution in [-0.4, -0.2) is 48.0 Å². The van der Waals surface area contributed by atoms with Gasteiger partial charge in [0.1, 0.15) is 36.2 Å². The minimum Gasteiger partial charge on any atom is -0.508 e. The minimum atomic E-state index is 0.180. The lowest BCUT2D eigenvalue weighted by Gasteiger charge is -2.25. The third-order valence-electron chi connectivity index (χ3n) is 6.33. The van der Waals surface area contributed by atoms with Crippen LogP contribution in [0, 0.1) is 11.8 Å². The number of rotatable bonds is 5. The molecule has 0 aliphatic carbocycles. The van der Waals surface area contributed by atoms with Gasteiger partial charge in [-0.1, -0.05) is 44.2 Å². The zero-order valence-corrected chi connectivity index (χ0v) is 20.6. The Morgan fingerprint density at radius 2 is 1.59 bits per heavy atom. The maximum absolute atomic E-state index is 9.48. The van der Waals surface area contributed by atoms with Gasteiger partial charge in [-0.15, -0.1) is 11.8 Å². The maximum Gasteiger partial charge on any atom is 0.133 e. The largest absolute Gasteiger partial charge is 0.508 e. The second-order valence-electron chi connectivity index (χ2n) is 9.02. The Balaban J connectivity index is 0.000000162. The van der Waals surface area contributed by atoms with Crippen molar-refractivity contribution in [2.45, 2.75) is 24.0 Å². The predicted octanol–water partition coefficient (Wildman–Crippen LogP) is 5.98. The predicted molar refractivity (Wildman–Crippen MR) is 137 cm³/mol. The molecule has 2 aliphatic heterocycles. The van der Waals surface area contributed by atoms with Crippen LogP contribution in [0.15, 0.2) is 77.7 Å². The number of para-hydroxylation sites is 1. The van der Waals surface area contributed by atoms with E-state index >= 15 is 0 Å². The van der Waals surface area contributed by atoms with Crippen LogP contribution in [0.25, 0.3) is 0 Å². The van der Waals surface area contributed by atoms with Crippen molar-refractivity contribution >= 4 is 11.8 Å². The fourth-order valence-corrected chi connectivity index (χ4v) is 5.32. The van der Waals surface area contributed by atoms with Crippen molar-refractivity contribution in [2.24, 2.45) is 11.8 Å². The number of hydrogen-bond acceptors (Lipinski definition) is 6. The zero-order valence-electron chi connectivity index (χ0n) is 19.8. The van der Waals surface area contributed by atoms with Crippen LogP contribution in [-0.2, 0) is 0 Å². The normalized spacial score (nSPS) is 21.6. The molecule has 34 heavy (non-hydrogen) atoms. The average molecular weight is 480 g/mol. The number of thioether (sulfide) groups is 1. The third-order valence-corrected chi connectivity index (χ3v) is 7.60. The van der Waals surface area contributed by atoms with E-state index in [2.05, 4.69) is 18.7 Å². The summed E-state index contributed by atoms with van der Waals surface area (Å²) in [5, 5.41) is 18.9. The number of nitrogens with zero attached hydrogens (tertiary/aromatic N) is 1. The molecule has 3 aromatic carbocycles. The van der Waals surface area contributed by atoms with Crippen molar-refractivity contribution in [3.05, 3.63) is 78.4 Å². The molecule has 0 amide bonds. The van der Waals surface area contributed by atoms with Crippen LogP contribution < -0.4 is 9.47 Å². The number of ether oxygens (including phenoxy) is 2. The van der Waals surface area contributed by atoms with Gasteiger partial charge in [-0.3, -0.25) is 4.90 Å². The molecule has 1 saturated heterocycles. The fraction of sp³-hybridized carbons (Fsp3) is 0.357. The van der Waals surface area contributed by atoms with Crippen molar-refractivity contribution in [1.29, 1.82) is 0 Å². The van der Waals surface area contributed by atoms with Gasteiger partial charge in [-0.25, -0.2) is 0 Å². The van der Waals surface area contributed by atoms with E-state index in [1.165, 1.54) is 13.1 Å². The van der Waals surface area contributed by atoms with Gasteiger partial charge in [0.05, 0.1) is 10.1 Å². The number of hydrogen-bond donors (Lipinski definition) is 2. The molecule has 0 aromatic heterocycles. The summed E-state index contributed by atoms with van der Waals surface area (Å²) >= 11 is 1.66. The maximum atomic E-state index is 9.48. The van der Waals surface area contributed by atoms with E-state index in [-0.39, 0.29) is 16.7 Å². The summed E-state index contributed by atoms with van der Waals surface area (Å²) < 4.78 is 11.4. The second-order valence-corrected chi connectivity index (χ2v) is 10.3. The van der Waals surface area contributed by atoms with E-state index in [4.69, 9.17) is 9.47 Å². The molecule has 0 bridgehead atoms. The zero-order chi connectivity index (χ0) is 23.9. The Morgan fingerprint density at radius 3 is 2.29 bits per heavy atom.